The number of benzene rings is 1. The molecule has 0 bridgehead atoms. The summed E-state index contributed by atoms with van der Waals surface area (Å²) in [6, 6.07) is 5.31. The first-order valence-corrected chi connectivity index (χ1v) is 6.53. The summed E-state index contributed by atoms with van der Waals surface area (Å²) >= 11 is 12.0. The van der Waals surface area contributed by atoms with Crippen LogP contribution in [0, 0.1) is 17.8 Å². The lowest BCUT2D eigenvalue weighted by Gasteiger charge is -2.21. The summed E-state index contributed by atoms with van der Waals surface area (Å²) in [4.78, 5) is 0. The molecule has 1 aromatic rings. The summed E-state index contributed by atoms with van der Waals surface area (Å²) in [7, 11) is 0. The van der Waals surface area contributed by atoms with Crippen LogP contribution in [0.15, 0.2) is 18.2 Å². The fraction of sp³-hybridized carbons (Fsp3) is 0.538. The lowest BCUT2D eigenvalue weighted by Crippen LogP contribution is -2.11. The SMILES string of the molecule is OC(c1cc(Cl)ccc1Cl)C1CC2CC2C1. The van der Waals surface area contributed by atoms with Gasteiger partial charge >= 0.3 is 0 Å². The quantitative estimate of drug-likeness (QED) is 0.846. The maximum absolute atomic E-state index is 10.3. The number of fused-ring (bicyclic) bond motifs is 1. The van der Waals surface area contributed by atoms with Gasteiger partial charge in [-0.2, -0.15) is 0 Å². The zero-order valence-corrected chi connectivity index (χ0v) is 10.4. The van der Waals surface area contributed by atoms with Gasteiger partial charge in [0.1, 0.15) is 0 Å². The van der Waals surface area contributed by atoms with Crippen LogP contribution in [0.3, 0.4) is 0 Å². The molecule has 2 aliphatic rings. The predicted molar refractivity (Wildman–Crippen MR) is 65.7 cm³/mol. The van der Waals surface area contributed by atoms with Gasteiger partial charge in [-0.1, -0.05) is 23.2 Å². The minimum Gasteiger partial charge on any atom is -0.388 e. The third-order valence-electron chi connectivity index (χ3n) is 4.00. The van der Waals surface area contributed by atoms with E-state index in [0.717, 1.165) is 30.2 Å². The van der Waals surface area contributed by atoms with E-state index in [9.17, 15) is 5.11 Å². The number of aliphatic hydroxyl groups excluding tert-OH is 1. The second-order valence-corrected chi connectivity index (χ2v) is 5.94. The van der Waals surface area contributed by atoms with Crippen molar-refractivity contribution in [1.82, 2.24) is 0 Å². The Morgan fingerprint density at radius 1 is 1.12 bits per heavy atom. The maximum atomic E-state index is 10.3. The van der Waals surface area contributed by atoms with Gasteiger partial charge in [0.2, 0.25) is 0 Å². The zero-order valence-electron chi connectivity index (χ0n) is 8.87. The van der Waals surface area contributed by atoms with Gasteiger partial charge in [0.05, 0.1) is 6.10 Å². The molecule has 2 aliphatic carbocycles. The first kappa shape index (κ1) is 10.9. The van der Waals surface area contributed by atoms with Crippen molar-refractivity contribution in [3.63, 3.8) is 0 Å². The van der Waals surface area contributed by atoms with E-state index < -0.39 is 6.10 Å². The molecule has 0 aliphatic heterocycles. The third-order valence-corrected chi connectivity index (χ3v) is 4.58. The highest BCUT2D eigenvalue weighted by atomic mass is 35.5. The fourth-order valence-corrected chi connectivity index (χ4v) is 3.42. The van der Waals surface area contributed by atoms with Crippen molar-refractivity contribution in [2.24, 2.45) is 17.8 Å². The average molecular weight is 257 g/mol. The van der Waals surface area contributed by atoms with Crippen LogP contribution in [0.5, 0.6) is 0 Å². The number of hydrogen-bond donors (Lipinski definition) is 1. The largest absolute Gasteiger partial charge is 0.388 e. The van der Waals surface area contributed by atoms with E-state index >= 15 is 0 Å². The van der Waals surface area contributed by atoms with Gasteiger partial charge in [0.15, 0.2) is 0 Å². The molecule has 16 heavy (non-hydrogen) atoms. The molecule has 0 aromatic heterocycles. The first-order valence-electron chi connectivity index (χ1n) is 5.78. The predicted octanol–water partition coefficient (Wildman–Crippen LogP) is 4.07. The molecule has 3 rings (SSSR count). The van der Waals surface area contributed by atoms with Crippen LogP contribution in [0.2, 0.25) is 10.0 Å². The van der Waals surface area contributed by atoms with Crippen LogP contribution in [-0.2, 0) is 0 Å². The van der Waals surface area contributed by atoms with Crippen molar-refractivity contribution < 1.29 is 5.11 Å². The first-order chi connectivity index (χ1) is 7.65. The Morgan fingerprint density at radius 2 is 1.81 bits per heavy atom. The molecular weight excluding hydrogens is 243 g/mol. The molecule has 2 saturated carbocycles. The van der Waals surface area contributed by atoms with Gasteiger partial charge in [0, 0.05) is 15.6 Å². The molecule has 0 saturated heterocycles. The van der Waals surface area contributed by atoms with Gasteiger partial charge in [-0.25, -0.2) is 0 Å². The molecule has 0 radical (unpaired) electrons. The lowest BCUT2D eigenvalue weighted by atomic mass is 9.91. The second kappa shape index (κ2) is 3.90. The number of rotatable bonds is 2. The molecule has 1 aromatic carbocycles. The molecule has 86 valence electrons. The summed E-state index contributed by atoms with van der Waals surface area (Å²) in [5.41, 5.74) is 0.792. The summed E-state index contributed by atoms with van der Waals surface area (Å²) in [5, 5.41) is 11.6. The maximum Gasteiger partial charge on any atom is 0.0833 e. The molecule has 3 heteroatoms. The number of hydrogen-bond acceptors (Lipinski definition) is 1. The summed E-state index contributed by atoms with van der Waals surface area (Å²) in [6.45, 7) is 0. The zero-order chi connectivity index (χ0) is 11.3. The van der Waals surface area contributed by atoms with Crippen LogP contribution in [0.4, 0.5) is 0 Å². The summed E-state index contributed by atoms with van der Waals surface area (Å²) in [5.74, 6) is 2.12. The van der Waals surface area contributed by atoms with Crippen LogP contribution >= 0.6 is 23.2 Å². The van der Waals surface area contributed by atoms with Crippen LogP contribution in [-0.4, -0.2) is 5.11 Å². The topological polar surface area (TPSA) is 20.2 Å². The minimum atomic E-state index is -0.445. The normalized spacial score (nSPS) is 33.6. The van der Waals surface area contributed by atoms with E-state index in [-0.39, 0.29) is 0 Å². The van der Waals surface area contributed by atoms with Crippen molar-refractivity contribution >= 4 is 23.2 Å². The lowest BCUT2D eigenvalue weighted by molar-refractivity contribution is 0.104. The Labute approximate surface area is 105 Å². The van der Waals surface area contributed by atoms with Crippen LogP contribution in [0.1, 0.15) is 30.9 Å². The van der Waals surface area contributed by atoms with Gasteiger partial charge in [0.25, 0.3) is 0 Å². The molecule has 3 unspecified atom stereocenters. The van der Waals surface area contributed by atoms with Crippen molar-refractivity contribution in [2.45, 2.75) is 25.4 Å². The number of halogens is 2. The van der Waals surface area contributed by atoms with Crippen molar-refractivity contribution in [3.8, 4) is 0 Å². The molecule has 0 amide bonds. The molecule has 0 spiro atoms. The average Bonchev–Trinajstić information content (AvgIpc) is 2.88. The van der Waals surface area contributed by atoms with Gasteiger partial charge < -0.3 is 5.11 Å². The van der Waals surface area contributed by atoms with E-state index in [1.54, 1.807) is 18.2 Å². The van der Waals surface area contributed by atoms with Gasteiger partial charge in [-0.15, -0.1) is 0 Å². The van der Waals surface area contributed by atoms with Crippen LogP contribution < -0.4 is 0 Å². The highest BCUT2D eigenvalue weighted by Gasteiger charge is 2.48. The molecule has 3 atom stereocenters. The summed E-state index contributed by atoms with van der Waals surface area (Å²) in [6.07, 6.45) is 3.22. The Morgan fingerprint density at radius 3 is 2.50 bits per heavy atom. The number of aliphatic hydroxyl groups is 1. The molecule has 2 fully saturated rings. The second-order valence-electron chi connectivity index (χ2n) is 5.10. The monoisotopic (exact) mass is 256 g/mol. The fourth-order valence-electron chi connectivity index (χ4n) is 3.01. The smallest absolute Gasteiger partial charge is 0.0833 e. The Hall–Kier alpha value is -0.240. The van der Waals surface area contributed by atoms with E-state index in [4.69, 9.17) is 23.2 Å². The highest BCUT2D eigenvalue weighted by Crippen LogP contribution is 2.57. The Kier molecular flexibility index (Phi) is 2.66. The highest BCUT2D eigenvalue weighted by molar-refractivity contribution is 6.33. The van der Waals surface area contributed by atoms with Crippen LogP contribution in [0.25, 0.3) is 0 Å². The van der Waals surface area contributed by atoms with Gasteiger partial charge in [-0.3, -0.25) is 0 Å². The van der Waals surface area contributed by atoms with E-state index in [0.29, 0.717) is 16.0 Å². The molecule has 1 nitrogen and oxygen atoms in total. The van der Waals surface area contributed by atoms with Crippen molar-refractivity contribution in [3.05, 3.63) is 33.8 Å². The standard InChI is InChI=1S/C13H14Cl2O/c14-10-1-2-12(15)11(6-10)13(16)9-4-7-3-8(7)5-9/h1-2,6-9,13,16H,3-5H2. The van der Waals surface area contributed by atoms with E-state index in [2.05, 4.69) is 0 Å². The van der Waals surface area contributed by atoms with E-state index in [1.165, 1.54) is 6.42 Å². The van der Waals surface area contributed by atoms with Crippen molar-refractivity contribution in [1.29, 1.82) is 0 Å². The van der Waals surface area contributed by atoms with Crippen molar-refractivity contribution in [2.75, 3.05) is 0 Å². The minimum absolute atomic E-state index is 0.375. The third kappa shape index (κ3) is 1.85. The molecule has 0 heterocycles. The molecular formula is C13H14Cl2O. The van der Waals surface area contributed by atoms with E-state index in [1.807, 2.05) is 0 Å². The Balaban J connectivity index is 1.82. The Bertz CT molecular complexity index is 408. The van der Waals surface area contributed by atoms with Gasteiger partial charge in [-0.05, 0) is 55.2 Å². The molecule has 1 N–H and O–H groups in total. The summed E-state index contributed by atoms with van der Waals surface area (Å²) < 4.78 is 0.